The zero-order valence-electron chi connectivity index (χ0n) is 15.9. The zero-order chi connectivity index (χ0) is 18.5. The van der Waals surface area contributed by atoms with Crippen LogP contribution in [0.15, 0.2) is 16.5 Å². The minimum Gasteiger partial charge on any atom is -0.511 e. The third-order valence-electron chi connectivity index (χ3n) is 4.08. The van der Waals surface area contributed by atoms with Gasteiger partial charge < -0.3 is 9.94 Å². The molecular formula is C19H33NO3S2. The monoisotopic (exact) mass is 387 g/mol. The molecule has 0 amide bonds. The SMILES string of the molecule is CCC/C(=N\OCC)C1=C(O)CC(CCCSCCSCC)CC1=O. The molecule has 6 heteroatoms. The topological polar surface area (TPSA) is 58.9 Å². The van der Waals surface area contributed by atoms with E-state index < -0.39 is 0 Å². The molecule has 0 fully saturated rings. The number of carbonyl (C=O) groups excluding carboxylic acids is 1. The molecular weight excluding hydrogens is 354 g/mol. The highest BCUT2D eigenvalue weighted by molar-refractivity contribution is 8.02. The molecule has 0 bridgehead atoms. The number of allylic oxidation sites excluding steroid dienone is 2. The first-order valence-corrected chi connectivity index (χ1v) is 11.7. The van der Waals surface area contributed by atoms with Gasteiger partial charge in [-0.25, -0.2) is 0 Å². The summed E-state index contributed by atoms with van der Waals surface area (Å²) >= 11 is 3.97. The molecule has 1 aliphatic carbocycles. The van der Waals surface area contributed by atoms with Crippen molar-refractivity contribution in [2.45, 2.75) is 59.3 Å². The summed E-state index contributed by atoms with van der Waals surface area (Å²) in [5, 5.41) is 14.5. The van der Waals surface area contributed by atoms with Gasteiger partial charge in [0, 0.05) is 24.3 Å². The summed E-state index contributed by atoms with van der Waals surface area (Å²) in [5.41, 5.74) is 1.02. The normalized spacial score (nSPS) is 18.8. The van der Waals surface area contributed by atoms with Crippen LogP contribution in [-0.2, 0) is 9.63 Å². The summed E-state index contributed by atoms with van der Waals surface area (Å²) in [4.78, 5) is 17.7. The van der Waals surface area contributed by atoms with E-state index in [2.05, 4.69) is 12.1 Å². The molecule has 4 nitrogen and oxygen atoms in total. The lowest BCUT2D eigenvalue weighted by molar-refractivity contribution is -0.116. The van der Waals surface area contributed by atoms with E-state index in [9.17, 15) is 9.90 Å². The smallest absolute Gasteiger partial charge is 0.168 e. The van der Waals surface area contributed by atoms with E-state index in [1.807, 2.05) is 37.4 Å². The first-order valence-electron chi connectivity index (χ1n) is 9.43. The van der Waals surface area contributed by atoms with Gasteiger partial charge in [0.1, 0.15) is 12.4 Å². The van der Waals surface area contributed by atoms with Crippen molar-refractivity contribution in [3.63, 3.8) is 0 Å². The molecule has 0 aromatic heterocycles. The van der Waals surface area contributed by atoms with Crippen LogP contribution in [0.5, 0.6) is 0 Å². The Kier molecular flexibility index (Phi) is 12.2. The first kappa shape index (κ1) is 22.4. The molecule has 0 aromatic rings. The Hall–Kier alpha value is -0.620. The van der Waals surface area contributed by atoms with E-state index in [0.717, 1.165) is 25.0 Å². The molecule has 1 atom stereocenters. The summed E-state index contributed by atoms with van der Waals surface area (Å²) in [7, 11) is 0. The van der Waals surface area contributed by atoms with Gasteiger partial charge in [-0.3, -0.25) is 4.79 Å². The maximum atomic E-state index is 12.5. The van der Waals surface area contributed by atoms with Gasteiger partial charge in [0.15, 0.2) is 5.78 Å². The molecule has 25 heavy (non-hydrogen) atoms. The molecule has 0 saturated heterocycles. The van der Waals surface area contributed by atoms with Crippen molar-refractivity contribution in [2.24, 2.45) is 11.1 Å². The minimum atomic E-state index is 0.0210. The van der Waals surface area contributed by atoms with Crippen molar-refractivity contribution < 1.29 is 14.7 Å². The van der Waals surface area contributed by atoms with Crippen LogP contribution >= 0.6 is 23.5 Å². The molecule has 0 radical (unpaired) electrons. The van der Waals surface area contributed by atoms with Crippen molar-refractivity contribution in [2.75, 3.05) is 29.6 Å². The maximum Gasteiger partial charge on any atom is 0.168 e. The van der Waals surface area contributed by atoms with E-state index in [1.54, 1.807) is 0 Å². The molecule has 0 aromatic carbocycles. The molecule has 1 rings (SSSR count). The van der Waals surface area contributed by atoms with Crippen LogP contribution in [0, 0.1) is 5.92 Å². The number of oxime groups is 1. The van der Waals surface area contributed by atoms with Gasteiger partial charge in [-0.1, -0.05) is 25.4 Å². The number of carbonyl (C=O) groups is 1. The van der Waals surface area contributed by atoms with Crippen LogP contribution in [-0.4, -0.2) is 46.2 Å². The summed E-state index contributed by atoms with van der Waals surface area (Å²) in [6.45, 7) is 6.55. The van der Waals surface area contributed by atoms with Gasteiger partial charge in [0.05, 0.1) is 11.3 Å². The number of aliphatic hydroxyl groups is 1. The quantitative estimate of drug-likeness (QED) is 0.266. The summed E-state index contributed by atoms with van der Waals surface area (Å²) < 4.78 is 0. The highest BCUT2D eigenvalue weighted by Gasteiger charge is 2.30. The van der Waals surface area contributed by atoms with Gasteiger partial charge in [0.25, 0.3) is 0 Å². The lowest BCUT2D eigenvalue weighted by atomic mass is 9.82. The third kappa shape index (κ3) is 8.54. The van der Waals surface area contributed by atoms with Crippen LogP contribution in [0.3, 0.4) is 0 Å². The number of ketones is 1. The van der Waals surface area contributed by atoms with Gasteiger partial charge >= 0.3 is 0 Å². The van der Waals surface area contributed by atoms with Gasteiger partial charge in [-0.05, 0) is 43.6 Å². The fourth-order valence-electron chi connectivity index (χ4n) is 2.94. The highest BCUT2D eigenvalue weighted by atomic mass is 32.2. The Morgan fingerprint density at radius 1 is 1.20 bits per heavy atom. The molecule has 0 spiro atoms. The highest BCUT2D eigenvalue weighted by Crippen LogP contribution is 2.31. The average Bonchev–Trinajstić information content (AvgIpc) is 2.58. The second-order valence-corrected chi connectivity index (χ2v) is 8.80. The molecule has 1 aliphatic rings. The van der Waals surface area contributed by atoms with Crippen molar-refractivity contribution in [1.82, 2.24) is 0 Å². The zero-order valence-corrected chi connectivity index (χ0v) is 17.5. The predicted molar refractivity (Wildman–Crippen MR) is 111 cm³/mol. The number of Topliss-reactive ketones (excluding diaryl/α,β-unsaturated/α-hetero) is 1. The Morgan fingerprint density at radius 3 is 2.60 bits per heavy atom. The standard InChI is InChI=1S/C19H33NO3S2/c1-4-8-16(20-23-5-2)19-17(21)13-15(14-18(19)22)9-7-10-25-12-11-24-6-3/h15,21H,4-14H2,1-3H3/b20-16+. The second kappa shape index (κ2) is 13.6. The lowest BCUT2D eigenvalue weighted by Crippen LogP contribution is -2.25. The molecule has 0 saturated carbocycles. The van der Waals surface area contributed by atoms with E-state index >= 15 is 0 Å². The Bertz CT molecular complexity index is 464. The first-order chi connectivity index (χ1) is 12.1. The number of nitrogens with zero attached hydrogens (tertiary/aromatic N) is 1. The molecule has 1 unspecified atom stereocenters. The largest absolute Gasteiger partial charge is 0.511 e. The molecule has 0 aliphatic heterocycles. The van der Waals surface area contributed by atoms with E-state index in [0.29, 0.717) is 37.2 Å². The second-order valence-electron chi connectivity index (χ2n) is 6.18. The van der Waals surface area contributed by atoms with Crippen molar-refractivity contribution >= 4 is 35.0 Å². The van der Waals surface area contributed by atoms with E-state index in [4.69, 9.17) is 4.84 Å². The number of thioether (sulfide) groups is 2. The maximum absolute atomic E-state index is 12.5. The van der Waals surface area contributed by atoms with Crippen LogP contribution in [0.1, 0.15) is 59.3 Å². The molecule has 144 valence electrons. The summed E-state index contributed by atoms with van der Waals surface area (Å²) in [6, 6.07) is 0. The van der Waals surface area contributed by atoms with Crippen molar-refractivity contribution in [1.29, 1.82) is 0 Å². The molecule has 1 N–H and O–H groups in total. The Labute approximate surface area is 161 Å². The van der Waals surface area contributed by atoms with Crippen LogP contribution in [0.25, 0.3) is 0 Å². The van der Waals surface area contributed by atoms with E-state index in [-0.39, 0.29) is 17.5 Å². The van der Waals surface area contributed by atoms with E-state index in [1.165, 1.54) is 17.3 Å². The average molecular weight is 388 g/mol. The molecule has 0 heterocycles. The van der Waals surface area contributed by atoms with Crippen molar-refractivity contribution in [3.05, 3.63) is 11.3 Å². The predicted octanol–water partition coefficient (Wildman–Crippen LogP) is 5.24. The number of hydrogen-bond donors (Lipinski definition) is 1. The Morgan fingerprint density at radius 2 is 1.96 bits per heavy atom. The van der Waals surface area contributed by atoms with Gasteiger partial charge in [-0.2, -0.15) is 23.5 Å². The van der Waals surface area contributed by atoms with Crippen LogP contribution < -0.4 is 0 Å². The fourth-order valence-corrected chi connectivity index (χ4v) is 4.74. The number of hydrogen-bond acceptors (Lipinski definition) is 6. The number of rotatable bonds is 13. The third-order valence-corrected chi connectivity index (χ3v) is 6.31. The minimum absolute atomic E-state index is 0.0210. The fraction of sp³-hybridized carbons (Fsp3) is 0.789. The van der Waals surface area contributed by atoms with Gasteiger partial charge in [0.2, 0.25) is 0 Å². The van der Waals surface area contributed by atoms with Crippen molar-refractivity contribution in [3.8, 4) is 0 Å². The Balaban J connectivity index is 2.50. The summed E-state index contributed by atoms with van der Waals surface area (Å²) in [6.07, 6.45) is 4.74. The van der Waals surface area contributed by atoms with Crippen LogP contribution in [0.4, 0.5) is 0 Å². The van der Waals surface area contributed by atoms with Gasteiger partial charge in [-0.15, -0.1) is 0 Å². The lowest BCUT2D eigenvalue weighted by Gasteiger charge is -2.24. The summed E-state index contributed by atoms with van der Waals surface area (Å²) in [5.74, 6) is 5.23. The number of aliphatic hydroxyl groups excluding tert-OH is 1. The van der Waals surface area contributed by atoms with Crippen LogP contribution in [0.2, 0.25) is 0 Å².